The second-order valence-corrected chi connectivity index (χ2v) is 31.0. The number of rotatable bonds is 13. The van der Waals surface area contributed by atoms with Gasteiger partial charge in [-0.2, -0.15) is 0 Å². The molecular formula is C25H48N2OSSiSn. The average molecular weight is 572 g/mol. The van der Waals surface area contributed by atoms with E-state index in [2.05, 4.69) is 83.5 Å². The van der Waals surface area contributed by atoms with E-state index in [0.29, 0.717) is 6.61 Å². The fourth-order valence-electron chi connectivity index (χ4n) is 4.19. The molecule has 0 atom stereocenters. The molecule has 0 aliphatic heterocycles. The summed E-state index contributed by atoms with van der Waals surface area (Å²) in [6.07, 6.45) is 10.7. The molecule has 0 N–H and O–H groups in total. The summed E-state index contributed by atoms with van der Waals surface area (Å²) < 4.78 is 15.3. The Morgan fingerprint density at radius 1 is 1.00 bits per heavy atom. The predicted molar refractivity (Wildman–Crippen MR) is 144 cm³/mol. The van der Waals surface area contributed by atoms with Crippen LogP contribution in [0.15, 0.2) is 6.20 Å². The van der Waals surface area contributed by atoms with E-state index in [9.17, 15) is 0 Å². The summed E-state index contributed by atoms with van der Waals surface area (Å²) in [6.45, 7) is 21.5. The van der Waals surface area contributed by atoms with Gasteiger partial charge in [0.05, 0.1) is 0 Å². The van der Waals surface area contributed by atoms with Gasteiger partial charge in [0.1, 0.15) is 0 Å². The molecule has 2 heterocycles. The van der Waals surface area contributed by atoms with Crippen molar-refractivity contribution in [3.8, 4) is 0 Å². The third kappa shape index (κ3) is 6.60. The van der Waals surface area contributed by atoms with Crippen molar-refractivity contribution in [2.24, 2.45) is 0 Å². The first-order valence-corrected chi connectivity index (χ1v) is 23.8. The molecule has 0 radical (unpaired) electrons. The van der Waals surface area contributed by atoms with Gasteiger partial charge in [-0.05, 0) is 0 Å². The first-order valence-electron chi connectivity index (χ1n) is 12.6. The van der Waals surface area contributed by atoms with Crippen molar-refractivity contribution < 1.29 is 4.43 Å². The maximum atomic E-state index is 6.58. The number of hydrogen-bond acceptors (Lipinski definition) is 3. The zero-order valence-electron chi connectivity index (χ0n) is 21.9. The van der Waals surface area contributed by atoms with Gasteiger partial charge in [-0.15, -0.1) is 0 Å². The Morgan fingerprint density at radius 2 is 1.52 bits per heavy atom. The van der Waals surface area contributed by atoms with Crippen LogP contribution in [-0.2, 0) is 11.0 Å². The van der Waals surface area contributed by atoms with E-state index in [-0.39, 0.29) is 5.04 Å². The van der Waals surface area contributed by atoms with Crippen LogP contribution in [0.3, 0.4) is 0 Å². The van der Waals surface area contributed by atoms with E-state index in [1.807, 2.05) is 0 Å². The summed E-state index contributed by atoms with van der Waals surface area (Å²) in [6, 6.07) is 0. The monoisotopic (exact) mass is 572 g/mol. The summed E-state index contributed by atoms with van der Waals surface area (Å²) in [7, 11) is -1.78. The number of aromatic nitrogens is 2. The van der Waals surface area contributed by atoms with Gasteiger partial charge in [0.15, 0.2) is 0 Å². The number of nitrogens with zero attached hydrogens (tertiary/aromatic N) is 2. The van der Waals surface area contributed by atoms with Gasteiger partial charge in [-0.25, -0.2) is 0 Å². The Kier molecular flexibility index (Phi) is 10.2. The van der Waals surface area contributed by atoms with Gasteiger partial charge >= 0.3 is 202 Å². The minimum atomic E-state index is -2.40. The van der Waals surface area contributed by atoms with Gasteiger partial charge in [-0.3, -0.25) is 0 Å². The number of hydrogen-bond donors (Lipinski definition) is 0. The van der Waals surface area contributed by atoms with Crippen LogP contribution >= 0.6 is 11.3 Å². The summed E-state index contributed by atoms with van der Waals surface area (Å²) in [4.78, 5) is 6.30. The summed E-state index contributed by atoms with van der Waals surface area (Å²) in [5.74, 6) is 1.13. The van der Waals surface area contributed by atoms with Crippen molar-refractivity contribution >= 4 is 45.8 Å². The first kappa shape index (κ1) is 27.4. The van der Waals surface area contributed by atoms with Gasteiger partial charge in [0, 0.05) is 0 Å². The van der Waals surface area contributed by atoms with Crippen molar-refractivity contribution in [2.75, 3.05) is 0 Å². The van der Waals surface area contributed by atoms with Crippen LogP contribution < -0.4 is 2.89 Å². The van der Waals surface area contributed by atoms with Gasteiger partial charge in [-0.1, -0.05) is 0 Å². The van der Waals surface area contributed by atoms with Crippen LogP contribution in [-0.4, -0.2) is 36.1 Å². The Balaban J connectivity index is 2.42. The molecule has 0 saturated carbocycles. The van der Waals surface area contributed by atoms with Gasteiger partial charge in [0.2, 0.25) is 0 Å². The molecule has 2 rings (SSSR count). The van der Waals surface area contributed by atoms with Crippen molar-refractivity contribution in [1.82, 2.24) is 9.38 Å². The molecule has 2 aromatic rings. The standard InChI is InChI=1S/C13H21N2OSSi.3C4H9.Sn/c1-10-14-11(12-15(10)7-8-17-12)9-16-18(5,6)13(2,3)4;3*1-3-4-2;/h7H,9H2,1-6H3;3*1,3-4H2,2H3;. The van der Waals surface area contributed by atoms with Crippen LogP contribution in [0.5, 0.6) is 0 Å². The van der Waals surface area contributed by atoms with E-state index in [0.717, 1.165) is 5.82 Å². The molecule has 0 unspecified atom stereocenters. The molecule has 0 fully saturated rings. The average Bonchev–Trinajstić information content (AvgIpc) is 3.26. The quantitative estimate of drug-likeness (QED) is 0.226. The Bertz CT molecular complexity index is 800. The Hall–Kier alpha value is 0.146. The zero-order valence-corrected chi connectivity index (χ0v) is 26.5. The van der Waals surface area contributed by atoms with Crippen molar-refractivity contribution in [3.63, 3.8) is 0 Å². The number of fused-ring (bicyclic) bond motifs is 1. The SMILES string of the molecule is CCC[CH2][Sn]([CH2]CCC)([CH2]CCC)[c]1cn2c(C)nc(CO[Si](C)(C)C(C)(C)C)c2s1. The molecule has 0 aliphatic rings. The number of thiazole rings is 1. The molecule has 0 amide bonds. The third-order valence-electron chi connectivity index (χ3n) is 7.49. The predicted octanol–water partition coefficient (Wildman–Crippen LogP) is 8.28. The van der Waals surface area contributed by atoms with Crippen LogP contribution in [0.4, 0.5) is 0 Å². The van der Waals surface area contributed by atoms with Crippen LogP contribution in [0.1, 0.15) is 91.6 Å². The second-order valence-electron chi connectivity index (χ2n) is 11.0. The van der Waals surface area contributed by atoms with Crippen molar-refractivity contribution in [3.05, 3.63) is 17.7 Å². The molecule has 0 saturated heterocycles. The van der Waals surface area contributed by atoms with Crippen molar-refractivity contribution in [1.29, 1.82) is 0 Å². The first-order chi connectivity index (χ1) is 14.5. The number of unbranched alkanes of at least 4 members (excludes halogenated alkanes) is 3. The van der Waals surface area contributed by atoms with Crippen LogP contribution in [0.2, 0.25) is 31.4 Å². The van der Waals surface area contributed by atoms with Gasteiger partial charge < -0.3 is 0 Å². The summed E-state index contributed by atoms with van der Waals surface area (Å²) >= 11 is -0.314. The maximum absolute atomic E-state index is 6.58. The topological polar surface area (TPSA) is 26.5 Å². The summed E-state index contributed by atoms with van der Waals surface area (Å²) in [5, 5.41) is 0.230. The molecule has 178 valence electrons. The molecule has 0 aromatic carbocycles. The Morgan fingerprint density at radius 3 is 1.97 bits per heavy atom. The summed E-state index contributed by atoms with van der Waals surface area (Å²) in [5.41, 5.74) is 1.17. The molecule has 3 nitrogen and oxygen atoms in total. The van der Waals surface area contributed by atoms with E-state index in [4.69, 9.17) is 9.41 Å². The number of imidazole rings is 1. The zero-order chi connectivity index (χ0) is 23.3. The Labute approximate surface area is 201 Å². The number of aryl methyl sites for hydroxylation is 1. The normalized spacial score (nSPS) is 13.5. The van der Waals surface area contributed by atoms with Crippen LogP contribution in [0, 0.1) is 6.92 Å². The van der Waals surface area contributed by atoms with E-state index >= 15 is 0 Å². The fourth-order valence-corrected chi connectivity index (χ4v) is 25.2. The fraction of sp³-hybridized carbons (Fsp3) is 0.800. The third-order valence-corrected chi connectivity index (χ3v) is 31.3. The second kappa shape index (κ2) is 11.5. The van der Waals surface area contributed by atoms with E-state index < -0.39 is 26.7 Å². The minimum absolute atomic E-state index is 0.230. The molecule has 0 bridgehead atoms. The molecule has 2 aromatic heterocycles. The molecule has 0 spiro atoms. The molecule has 31 heavy (non-hydrogen) atoms. The van der Waals surface area contributed by atoms with Crippen LogP contribution in [0.25, 0.3) is 4.83 Å². The van der Waals surface area contributed by atoms with Gasteiger partial charge in [0.25, 0.3) is 0 Å². The molecule has 0 aliphatic carbocycles. The molecule has 6 heteroatoms. The van der Waals surface area contributed by atoms with E-state index in [1.165, 1.54) is 62.4 Å². The van der Waals surface area contributed by atoms with Crippen molar-refractivity contribution in [2.45, 2.75) is 125 Å². The van der Waals surface area contributed by atoms with E-state index in [1.54, 1.807) is 2.89 Å². The molecular weight excluding hydrogens is 523 g/mol.